The van der Waals surface area contributed by atoms with Gasteiger partial charge in [0.2, 0.25) is 0 Å². The van der Waals surface area contributed by atoms with Gasteiger partial charge in [-0.2, -0.15) is 0 Å². The summed E-state index contributed by atoms with van der Waals surface area (Å²) in [5.74, 6) is 0. The van der Waals surface area contributed by atoms with Crippen molar-refractivity contribution in [1.29, 1.82) is 0 Å². The quantitative estimate of drug-likeness (QED) is 0.820. The summed E-state index contributed by atoms with van der Waals surface area (Å²) >= 11 is 0. The van der Waals surface area contributed by atoms with Crippen LogP contribution < -0.4 is 10.4 Å². The SMILES string of the molecule is CC1(C)OB(c2cncc(N3CCN(C(=O)O)CC3)c2)OC1(C)C. The van der Waals surface area contributed by atoms with Crippen molar-refractivity contribution < 1.29 is 19.2 Å². The predicted octanol–water partition coefficient (Wildman–Crippen LogP) is 1.18. The Morgan fingerprint density at radius 3 is 2.25 bits per heavy atom. The molecule has 1 N–H and O–H groups in total. The van der Waals surface area contributed by atoms with Gasteiger partial charge in [-0.15, -0.1) is 0 Å². The largest absolute Gasteiger partial charge is 0.496 e. The first-order valence-corrected chi connectivity index (χ1v) is 8.23. The average molecular weight is 333 g/mol. The molecular formula is C16H24BN3O4. The number of rotatable bonds is 2. The standard InChI is InChI=1S/C16H24BN3O4/c1-15(2)16(3,4)24-17(23-15)12-9-13(11-18-10-12)19-5-7-20(8-6-19)14(21)22/h9-11H,5-8H2,1-4H3,(H,21,22). The molecule has 0 radical (unpaired) electrons. The van der Waals surface area contributed by atoms with Crippen molar-refractivity contribution in [3.8, 4) is 0 Å². The maximum absolute atomic E-state index is 11.0. The van der Waals surface area contributed by atoms with Crippen molar-refractivity contribution in [3.63, 3.8) is 0 Å². The van der Waals surface area contributed by atoms with Crippen LogP contribution in [0, 0.1) is 0 Å². The first kappa shape index (κ1) is 17.0. The lowest BCUT2D eigenvalue weighted by Crippen LogP contribution is -2.48. The van der Waals surface area contributed by atoms with Crippen molar-refractivity contribution in [2.75, 3.05) is 31.1 Å². The predicted molar refractivity (Wildman–Crippen MR) is 91.8 cm³/mol. The summed E-state index contributed by atoms with van der Waals surface area (Å²) in [6.07, 6.45) is 2.70. The van der Waals surface area contributed by atoms with Gasteiger partial charge in [-0.3, -0.25) is 4.98 Å². The molecule has 2 aliphatic heterocycles. The topological polar surface area (TPSA) is 75.1 Å². The minimum atomic E-state index is -0.862. The number of pyridine rings is 1. The van der Waals surface area contributed by atoms with E-state index in [1.165, 1.54) is 4.90 Å². The zero-order valence-corrected chi connectivity index (χ0v) is 14.7. The van der Waals surface area contributed by atoms with Gasteiger partial charge in [0.1, 0.15) is 0 Å². The lowest BCUT2D eigenvalue weighted by molar-refractivity contribution is 0.00578. The van der Waals surface area contributed by atoms with E-state index in [2.05, 4.69) is 9.88 Å². The lowest BCUT2D eigenvalue weighted by atomic mass is 9.80. The Kier molecular flexibility index (Phi) is 4.21. The zero-order chi connectivity index (χ0) is 17.5. The molecule has 2 aliphatic rings. The highest BCUT2D eigenvalue weighted by atomic mass is 16.7. The molecule has 0 atom stereocenters. The zero-order valence-electron chi connectivity index (χ0n) is 14.7. The minimum absolute atomic E-state index is 0.388. The van der Waals surface area contributed by atoms with Crippen molar-refractivity contribution in [3.05, 3.63) is 18.5 Å². The molecule has 3 heterocycles. The molecule has 0 saturated carbocycles. The van der Waals surface area contributed by atoms with Crippen molar-refractivity contribution in [1.82, 2.24) is 9.88 Å². The van der Waals surface area contributed by atoms with Gasteiger partial charge in [0, 0.05) is 37.8 Å². The minimum Gasteiger partial charge on any atom is -0.465 e. The lowest BCUT2D eigenvalue weighted by Gasteiger charge is -2.34. The highest BCUT2D eigenvalue weighted by molar-refractivity contribution is 6.62. The molecule has 3 rings (SSSR count). The number of piperazine rings is 1. The van der Waals surface area contributed by atoms with Crippen LogP contribution in [0.5, 0.6) is 0 Å². The Bertz CT molecular complexity index is 614. The number of amides is 1. The first-order valence-electron chi connectivity index (χ1n) is 8.23. The van der Waals surface area contributed by atoms with Crippen LogP contribution >= 0.6 is 0 Å². The van der Waals surface area contributed by atoms with Gasteiger partial charge in [0.15, 0.2) is 0 Å². The van der Waals surface area contributed by atoms with Crippen molar-refractivity contribution in [2.24, 2.45) is 0 Å². The van der Waals surface area contributed by atoms with E-state index in [9.17, 15) is 4.79 Å². The van der Waals surface area contributed by atoms with Gasteiger partial charge < -0.3 is 24.2 Å². The second kappa shape index (κ2) is 5.93. The van der Waals surface area contributed by atoms with Gasteiger partial charge in [0.05, 0.1) is 23.1 Å². The van der Waals surface area contributed by atoms with Gasteiger partial charge >= 0.3 is 13.2 Å². The maximum Gasteiger partial charge on any atom is 0.496 e. The van der Waals surface area contributed by atoms with E-state index < -0.39 is 13.2 Å². The summed E-state index contributed by atoms with van der Waals surface area (Å²) < 4.78 is 12.1. The smallest absolute Gasteiger partial charge is 0.465 e. The Labute approximate surface area is 142 Å². The Balaban J connectivity index is 1.73. The number of aromatic nitrogens is 1. The van der Waals surface area contributed by atoms with Crippen LogP contribution in [0.3, 0.4) is 0 Å². The molecule has 130 valence electrons. The molecule has 0 aliphatic carbocycles. The van der Waals surface area contributed by atoms with Gasteiger partial charge in [-0.25, -0.2) is 4.79 Å². The third kappa shape index (κ3) is 3.08. The summed E-state index contributed by atoms with van der Waals surface area (Å²) in [5, 5.41) is 9.04. The molecular weight excluding hydrogens is 309 g/mol. The maximum atomic E-state index is 11.0. The van der Waals surface area contributed by atoms with Crippen LogP contribution in [0.1, 0.15) is 27.7 Å². The van der Waals surface area contributed by atoms with Crippen LogP contribution in [-0.2, 0) is 9.31 Å². The molecule has 2 fully saturated rings. The normalized spacial score (nSPS) is 22.8. The van der Waals surface area contributed by atoms with E-state index >= 15 is 0 Å². The Morgan fingerprint density at radius 1 is 1.12 bits per heavy atom. The Morgan fingerprint density at radius 2 is 1.71 bits per heavy atom. The van der Waals surface area contributed by atoms with Gasteiger partial charge in [-0.05, 0) is 33.8 Å². The molecule has 0 aromatic carbocycles. The van der Waals surface area contributed by atoms with Crippen molar-refractivity contribution in [2.45, 2.75) is 38.9 Å². The van der Waals surface area contributed by atoms with Crippen LogP contribution in [0.15, 0.2) is 18.5 Å². The fourth-order valence-corrected chi connectivity index (χ4v) is 2.88. The van der Waals surface area contributed by atoms with Gasteiger partial charge in [0.25, 0.3) is 0 Å². The number of hydrogen-bond donors (Lipinski definition) is 1. The molecule has 0 unspecified atom stereocenters. The average Bonchev–Trinajstić information content (AvgIpc) is 2.76. The first-order chi connectivity index (χ1) is 11.2. The summed E-state index contributed by atoms with van der Waals surface area (Å²) in [6.45, 7) is 10.4. The van der Waals surface area contributed by atoms with E-state index in [4.69, 9.17) is 14.4 Å². The van der Waals surface area contributed by atoms with Crippen LogP contribution in [0.2, 0.25) is 0 Å². The van der Waals surface area contributed by atoms with E-state index in [1.54, 1.807) is 12.4 Å². The summed E-state index contributed by atoms with van der Waals surface area (Å²) in [5.41, 5.74) is 1.07. The summed E-state index contributed by atoms with van der Waals surface area (Å²) in [7, 11) is -0.442. The molecule has 1 aromatic rings. The number of anilines is 1. The monoisotopic (exact) mass is 333 g/mol. The van der Waals surface area contributed by atoms with Crippen LogP contribution in [0.25, 0.3) is 0 Å². The van der Waals surface area contributed by atoms with E-state index in [1.807, 2.05) is 33.8 Å². The Hall–Kier alpha value is -1.80. The van der Waals surface area contributed by atoms with Crippen molar-refractivity contribution >= 4 is 24.4 Å². The molecule has 8 heteroatoms. The second-order valence-corrected chi connectivity index (χ2v) is 7.32. The molecule has 7 nitrogen and oxygen atoms in total. The fourth-order valence-electron chi connectivity index (χ4n) is 2.88. The molecule has 24 heavy (non-hydrogen) atoms. The molecule has 1 aromatic heterocycles. The molecule has 1 amide bonds. The summed E-state index contributed by atoms with van der Waals surface area (Å²) in [6, 6.07) is 2.02. The van der Waals surface area contributed by atoms with Crippen LogP contribution in [0.4, 0.5) is 10.5 Å². The molecule has 0 bridgehead atoms. The van der Waals surface area contributed by atoms with E-state index in [-0.39, 0.29) is 11.2 Å². The number of carbonyl (C=O) groups is 1. The van der Waals surface area contributed by atoms with Crippen LogP contribution in [-0.4, -0.2) is 65.6 Å². The summed E-state index contributed by atoms with van der Waals surface area (Å²) in [4.78, 5) is 18.9. The van der Waals surface area contributed by atoms with Gasteiger partial charge in [-0.1, -0.05) is 0 Å². The molecule has 2 saturated heterocycles. The second-order valence-electron chi connectivity index (χ2n) is 7.32. The number of carboxylic acid groups (broad SMARTS) is 1. The van der Waals surface area contributed by atoms with E-state index in [0.717, 1.165) is 11.2 Å². The fraction of sp³-hybridized carbons (Fsp3) is 0.625. The number of nitrogens with zero attached hydrogens (tertiary/aromatic N) is 3. The molecule has 0 spiro atoms. The third-order valence-corrected chi connectivity index (χ3v) is 5.19. The number of hydrogen-bond acceptors (Lipinski definition) is 5. The van der Waals surface area contributed by atoms with E-state index in [0.29, 0.717) is 26.2 Å². The highest BCUT2D eigenvalue weighted by Gasteiger charge is 2.51. The third-order valence-electron chi connectivity index (χ3n) is 5.19. The highest BCUT2D eigenvalue weighted by Crippen LogP contribution is 2.36.